The lowest BCUT2D eigenvalue weighted by molar-refractivity contribution is 0.276. The lowest BCUT2D eigenvalue weighted by Gasteiger charge is -1.69. The Kier molecular flexibility index (Phi) is 43.9. The van der Waals surface area contributed by atoms with E-state index in [-0.39, 0.29) is 0 Å². The molecule has 0 atom stereocenters. The number of benzene rings is 4. The molecule has 16 heteroatoms. The van der Waals surface area contributed by atoms with E-state index in [9.17, 15) is 0 Å². The van der Waals surface area contributed by atoms with Gasteiger partial charge < -0.3 is 60.3 Å². The lowest BCUT2D eigenvalue weighted by atomic mass is 10.3. The van der Waals surface area contributed by atoms with Crippen LogP contribution >= 0.6 is 0 Å². The van der Waals surface area contributed by atoms with Gasteiger partial charge in [0.25, 0.3) is 0 Å². The van der Waals surface area contributed by atoms with E-state index in [0.29, 0.717) is 0 Å². The molecule has 0 aromatic heterocycles. The van der Waals surface area contributed by atoms with Crippen LogP contribution in [0, 0.1) is 0 Å². The normalized spacial score (nSPS) is 7.50. The van der Waals surface area contributed by atoms with Crippen molar-refractivity contribution in [2.24, 2.45) is 0 Å². The van der Waals surface area contributed by atoms with E-state index >= 15 is 0 Å². The quantitative estimate of drug-likeness (QED) is 0.111. The molecule has 0 aliphatic rings. The first-order valence-corrected chi connectivity index (χ1v) is 11.1. The molecule has 4 aromatic rings. The molecule has 216 valence electrons. The third kappa shape index (κ3) is 92.0. The highest BCUT2D eigenvalue weighted by Crippen LogP contribution is 1.81. The minimum atomic E-state index is -2.17. The fourth-order valence-corrected chi connectivity index (χ4v) is 1.54. The minimum absolute atomic E-state index is 2.00. The molecule has 0 aliphatic heterocycles. The second kappa shape index (κ2) is 40.2. The fourth-order valence-electron chi connectivity index (χ4n) is 1.54. The van der Waals surface area contributed by atoms with Gasteiger partial charge in [0, 0.05) is 0 Å². The Morgan fingerprint density at radius 2 is 0.175 bits per heavy atom. The maximum atomic E-state index is 7.17. The van der Waals surface area contributed by atoms with Crippen molar-refractivity contribution < 1.29 is 60.3 Å². The topological polar surface area (TPSA) is 243 Å². The van der Waals surface area contributed by atoms with Crippen molar-refractivity contribution in [1.82, 2.24) is 0 Å². The summed E-state index contributed by atoms with van der Waals surface area (Å²) in [6.07, 6.45) is 0. The van der Waals surface area contributed by atoms with Gasteiger partial charge in [-0.3, -0.25) is 0 Å². The van der Waals surface area contributed by atoms with Gasteiger partial charge in [0.1, 0.15) is 0 Å². The van der Waals surface area contributed by atoms with Gasteiger partial charge in [-0.1, -0.05) is 146 Å². The summed E-state index contributed by atoms with van der Waals surface area (Å²) in [5, 5.41) is 86.0. The highest BCUT2D eigenvalue weighted by Gasteiger charge is 1.93. The average molecular weight is 560 g/mol. The molecule has 12 N–H and O–H groups in total. The van der Waals surface area contributed by atoms with Gasteiger partial charge in [0.15, 0.2) is 0 Å². The molecule has 0 saturated heterocycles. The molecular formula is C24H36B4O12. The molecule has 0 aliphatic carbocycles. The van der Waals surface area contributed by atoms with Gasteiger partial charge in [-0.15, -0.1) is 0 Å². The summed E-state index contributed by atoms with van der Waals surface area (Å²) in [6, 6.07) is 48.0. The van der Waals surface area contributed by atoms with Crippen LogP contribution in [0.15, 0.2) is 146 Å². The second-order valence-corrected chi connectivity index (χ2v) is 6.00. The van der Waals surface area contributed by atoms with E-state index in [1.165, 1.54) is 0 Å². The van der Waals surface area contributed by atoms with Crippen molar-refractivity contribution in [2.75, 3.05) is 0 Å². The number of hydrogen-bond acceptors (Lipinski definition) is 12. The van der Waals surface area contributed by atoms with Crippen LogP contribution in [0.4, 0.5) is 0 Å². The zero-order valence-electron chi connectivity index (χ0n) is 21.5. The summed E-state index contributed by atoms with van der Waals surface area (Å²) in [5.74, 6) is 0. The van der Waals surface area contributed by atoms with E-state index in [4.69, 9.17) is 60.3 Å². The SMILES string of the molecule is OB(O)O.OB(O)O.OB(O)O.OB(O)O.c1ccccc1.c1ccccc1.c1ccccc1.c1ccccc1. The van der Waals surface area contributed by atoms with Gasteiger partial charge in [-0.2, -0.15) is 0 Å². The van der Waals surface area contributed by atoms with Crippen molar-refractivity contribution in [3.8, 4) is 0 Å². The van der Waals surface area contributed by atoms with Gasteiger partial charge in [-0.05, 0) is 0 Å². The van der Waals surface area contributed by atoms with Crippen LogP contribution < -0.4 is 0 Å². The van der Waals surface area contributed by atoms with E-state index in [2.05, 4.69) is 0 Å². The standard InChI is InChI=1S/4C6H6.4BH3O3/c4*1-2-4-6-5-3-1;4*2-1(3)4/h4*1-6H;4*2-4H. The van der Waals surface area contributed by atoms with E-state index in [1.54, 1.807) is 0 Å². The lowest BCUT2D eigenvalue weighted by Crippen LogP contribution is -2.07. The van der Waals surface area contributed by atoms with Gasteiger partial charge in [0.05, 0.1) is 0 Å². The van der Waals surface area contributed by atoms with Crippen LogP contribution in [0.25, 0.3) is 0 Å². The van der Waals surface area contributed by atoms with Gasteiger partial charge >= 0.3 is 29.3 Å². The van der Waals surface area contributed by atoms with Gasteiger partial charge in [0.2, 0.25) is 0 Å². The van der Waals surface area contributed by atoms with Gasteiger partial charge in [-0.25, -0.2) is 0 Å². The maximum absolute atomic E-state index is 7.17. The third-order valence-corrected chi connectivity index (χ3v) is 2.67. The summed E-state index contributed by atoms with van der Waals surface area (Å²) in [5.41, 5.74) is 0. The molecule has 0 spiro atoms. The third-order valence-electron chi connectivity index (χ3n) is 2.67. The van der Waals surface area contributed by atoms with Crippen LogP contribution in [0.1, 0.15) is 0 Å². The first kappa shape index (κ1) is 43.7. The molecule has 40 heavy (non-hydrogen) atoms. The Morgan fingerprint density at radius 1 is 0.150 bits per heavy atom. The van der Waals surface area contributed by atoms with Crippen molar-refractivity contribution in [3.63, 3.8) is 0 Å². The number of rotatable bonds is 0. The van der Waals surface area contributed by atoms with E-state index in [1.807, 2.05) is 146 Å². The Bertz CT molecular complexity index is 604. The molecule has 0 bridgehead atoms. The molecule has 12 nitrogen and oxygen atoms in total. The maximum Gasteiger partial charge on any atom is 0.631 e. The minimum Gasteiger partial charge on any atom is -0.402 e. The smallest absolute Gasteiger partial charge is 0.402 e. The van der Waals surface area contributed by atoms with Crippen LogP contribution in [0.3, 0.4) is 0 Å². The van der Waals surface area contributed by atoms with Crippen LogP contribution in [-0.4, -0.2) is 89.6 Å². The Labute approximate surface area is 235 Å². The molecule has 0 unspecified atom stereocenters. The summed E-state index contributed by atoms with van der Waals surface area (Å²) >= 11 is 0. The Balaban J connectivity index is -0.000000187. The molecule has 0 radical (unpaired) electrons. The average Bonchev–Trinajstić information content (AvgIpc) is 2.93. The Morgan fingerprint density at radius 3 is 0.200 bits per heavy atom. The predicted molar refractivity (Wildman–Crippen MR) is 155 cm³/mol. The zero-order valence-corrected chi connectivity index (χ0v) is 21.5. The molecule has 0 fully saturated rings. The highest BCUT2D eigenvalue weighted by molar-refractivity contribution is 6.31. The zero-order chi connectivity index (χ0) is 31.3. The second-order valence-electron chi connectivity index (χ2n) is 6.00. The molecule has 4 rings (SSSR count). The van der Waals surface area contributed by atoms with Crippen LogP contribution in [0.2, 0.25) is 0 Å². The van der Waals surface area contributed by atoms with Crippen LogP contribution in [0.5, 0.6) is 0 Å². The van der Waals surface area contributed by atoms with Crippen molar-refractivity contribution in [2.45, 2.75) is 0 Å². The highest BCUT2D eigenvalue weighted by atomic mass is 16.5. The predicted octanol–water partition coefficient (Wildman–Crippen LogP) is -1.46. The first-order valence-electron chi connectivity index (χ1n) is 11.1. The molecule has 0 saturated carbocycles. The van der Waals surface area contributed by atoms with E-state index < -0.39 is 29.3 Å². The summed E-state index contributed by atoms with van der Waals surface area (Å²) in [4.78, 5) is 0. The summed E-state index contributed by atoms with van der Waals surface area (Å²) in [6.45, 7) is 0. The monoisotopic (exact) mass is 560 g/mol. The molecule has 0 heterocycles. The molecular weight excluding hydrogens is 524 g/mol. The van der Waals surface area contributed by atoms with Crippen LogP contribution in [-0.2, 0) is 0 Å². The van der Waals surface area contributed by atoms with E-state index in [0.717, 1.165) is 0 Å². The van der Waals surface area contributed by atoms with Crippen molar-refractivity contribution in [1.29, 1.82) is 0 Å². The summed E-state index contributed by atoms with van der Waals surface area (Å²) in [7, 11) is -8.67. The van der Waals surface area contributed by atoms with Crippen molar-refractivity contribution in [3.05, 3.63) is 146 Å². The largest absolute Gasteiger partial charge is 0.631 e. The van der Waals surface area contributed by atoms with Crippen molar-refractivity contribution >= 4 is 29.3 Å². The first-order chi connectivity index (χ1) is 18.9. The Hall–Kier alpha value is -3.34. The molecule has 0 amide bonds. The fraction of sp³-hybridized carbons (Fsp3) is 0. The molecule has 4 aromatic carbocycles. The number of hydrogen-bond donors (Lipinski definition) is 12. The summed E-state index contributed by atoms with van der Waals surface area (Å²) < 4.78 is 0.